The summed E-state index contributed by atoms with van der Waals surface area (Å²) in [5.41, 5.74) is 2.42. The van der Waals surface area contributed by atoms with Crippen LogP contribution in [-0.4, -0.2) is 43.1 Å². The molecule has 0 fully saturated rings. The van der Waals surface area contributed by atoms with Crippen LogP contribution in [-0.2, 0) is 18.3 Å². The highest BCUT2D eigenvalue weighted by molar-refractivity contribution is 5.50. The number of ether oxygens (including phenoxy) is 1. The molecule has 0 atom stereocenters. The van der Waals surface area contributed by atoms with E-state index in [4.69, 9.17) is 4.74 Å². The first-order valence-corrected chi connectivity index (χ1v) is 7.98. The van der Waals surface area contributed by atoms with E-state index in [1.165, 1.54) is 11.4 Å². The second-order valence-electron chi connectivity index (χ2n) is 6.02. The van der Waals surface area contributed by atoms with Gasteiger partial charge in [-0.25, -0.2) is 0 Å². The summed E-state index contributed by atoms with van der Waals surface area (Å²) >= 11 is 0. The van der Waals surface area contributed by atoms with Gasteiger partial charge in [-0.05, 0) is 25.8 Å². The van der Waals surface area contributed by atoms with Gasteiger partial charge in [-0.3, -0.25) is 4.68 Å². The third kappa shape index (κ3) is 5.32. The molecule has 0 aromatic carbocycles. The second kappa shape index (κ2) is 9.05. The first kappa shape index (κ1) is 18.0. The molecular formula is C16H32N4O. The van der Waals surface area contributed by atoms with Crippen LogP contribution in [0.2, 0.25) is 0 Å². The van der Waals surface area contributed by atoms with Crippen molar-refractivity contribution in [3.8, 4) is 0 Å². The number of nitrogens with one attached hydrogen (secondary N) is 1. The Morgan fingerprint density at radius 1 is 1.38 bits per heavy atom. The molecule has 1 aromatic heterocycles. The largest absolute Gasteiger partial charge is 0.383 e. The number of rotatable bonds is 10. The topological polar surface area (TPSA) is 42.3 Å². The van der Waals surface area contributed by atoms with Crippen LogP contribution in [0.25, 0.3) is 0 Å². The van der Waals surface area contributed by atoms with Gasteiger partial charge in [0, 0.05) is 39.4 Å². The van der Waals surface area contributed by atoms with Crippen LogP contribution in [0, 0.1) is 12.8 Å². The van der Waals surface area contributed by atoms with Crippen molar-refractivity contribution in [1.29, 1.82) is 0 Å². The third-order valence-corrected chi connectivity index (χ3v) is 3.49. The summed E-state index contributed by atoms with van der Waals surface area (Å²) in [4.78, 5) is 2.40. The van der Waals surface area contributed by atoms with Crippen LogP contribution in [0.3, 0.4) is 0 Å². The molecular weight excluding hydrogens is 264 g/mol. The predicted molar refractivity (Wildman–Crippen MR) is 88.9 cm³/mol. The Labute approximate surface area is 129 Å². The number of aromatic nitrogens is 2. The number of aryl methyl sites for hydroxylation is 2. The quantitative estimate of drug-likeness (QED) is 0.673. The fraction of sp³-hybridized carbons (Fsp3) is 0.812. The van der Waals surface area contributed by atoms with Gasteiger partial charge in [-0.1, -0.05) is 20.8 Å². The minimum absolute atomic E-state index is 0.605. The summed E-state index contributed by atoms with van der Waals surface area (Å²) in [6.07, 6.45) is 1.15. The molecule has 1 rings (SSSR count). The minimum atomic E-state index is 0.605. The molecule has 122 valence electrons. The Balaban J connectivity index is 2.98. The first-order chi connectivity index (χ1) is 10.0. The highest BCUT2D eigenvalue weighted by Crippen LogP contribution is 2.24. The molecule has 0 unspecified atom stereocenters. The van der Waals surface area contributed by atoms with Crippen LogP contribution in [0.4, 0.5) is 5.82 Å². The maximum Gasteiger partial charge on any atom is 0.131 e. The molecule has 1 heterocycles. The van der Waals surface area contributed by atoms with Crippen molar-refractivity contribution in [3.05, 3.63) is 11.3 Å². The van der Waals surface area contributed by atoms with Gasteiger partial charge in [0.2, 0.25) is 0 Å². The number of methoxy groups -OCH3 is 1. The zero-order chi connectivity index (χ0) is 15.8. The number of hydrogen-bond acceptors (Lipinski definition) is 4. The van der Waals surface area contributed by atoms with Crippen LogP contribution >= 0.6 is 0 Å². The Morgan fingerprint density at radius 3 is 2.67 bits per heavy atom. The molecule has 5 heteroatoms. The van der Waals surface area contributed by atoms with Crippen LogP contribution in [0.15, 0.2) is 0 Å². The number of anilines is 1. The van der Waals surface area contributed by atoms with Gasteiger partial charge in [0.15, 0.2) is 0 Å². The fourth-order valence-electron chi connectivity index (χ4n) is 2.61. The maximum atomic E-state index is 5.27. The molecule has 0 saturated heterocycles. The SMILES string of the molecule is CCCNCc1c(C)nn(C)c1N(CCOC)CC(C)C. The summed E-state index contributed by atoms with van der Waals surface area (Å²) < 4.78 is 7.28. The van der Waals surface area contributed by atoms with Gasteiger partial charge < -0.3 is 15.0 Å². The third-order valence-electron chi connectivity index (χ3n) is 3.49. The Bertz CT molecular complexity index is 415. The van der Waals surface area contributed by atoms with E-state index in [0.29, 0.717) is 5.92 Å². The van der Waals surface area contributed by atoms with Gasteiger partial charge in [-0.15, -0.1) is 0 Å². The standard InChI is InChI=1S/C16H32N4O/c1-7-8-17-11-15-14(4)18-19(5)16(15)20(9-10-21-6)12-13(2)3/h13,17H,7-12H2,1-6H3. The van der Waals surface area contributed by atoms with Crippen molar-refractivity contribution in [2.45, 2.75) is 40.7 Å². The minimum Gasteiger partial charge on any atom is -0.383 e. The highest BCUT2D eigenvalue weighted by Gasteiger charge is 2.19. The summed E-state index contributed by atoms with van der Waals surface area (Å²) in [7, 11) is 3.79. The number of nitrogens with zero attached hydrogens (tertiary/aromatic N) is 3. The molecule has 0 bridgehead atoms. The van der Waals surface area contributed by atoms with Gasteiger partial charge in [-0.2, -0.15) is 5.10 Å². The molecule has 0 aliphatic rings. The monoisotopic (exact) mass is 296 g/mol. The zero-order valence-electron chi connectivity index (χ0n) is 14.6. The van der Waals surface area contributed by atoms with E-state index in [0.717, 1.165) is 44.9 Å². The lowest BCUT2D eigenvalue weighted by atomic mass is 10.1. The van der Waals surface area contributed by atoms with Gasteiger partial charge in [0.1, 0.15) is 5.82 Å². The number of hydrogen-bond donors (Lipinski definition) is 1. The van der Waals surface area contributed by atoms with Crippen LogP contribution in [0.5, 0.6) is 0 Å². The van der Waals surface area contributed by atoms with Crippen LogP contribution in [0.1, 0.15) is 38.4 Å². The summed E-state index contributed by atoms with van der Waals surface area (Å²) in [5.74, 6) is 1.83. The van der Waals surface area contributed by atoms with E-state index in [9.17, 15) is 0 Å². The Hall–Kier alpha value is -1.07. The van der Waals surface area contributed by atoms with Crippen molar-refractivity contribution in [2.24, 2.45) is 13.0 Å². The Kier molecular flexibility index (Phi) is 7.75. The van der Waals surface area contributed by atoms with Crippen molar-refractivity contribution in [3.63, 3.8) is 0 Å². The molecule has 0 aliphatic carbocycles. The highest BCUT2D eigenvalue weighted by atomic mass is 16.5. The fourth-order valence-corrected chi connectivity index (χ4v) is 2.61. The lowest BCUT2D eigenvalue weighted by Crippen LogP contribution is -2.33. The smallest absolute Gasteiger partial charge is 0.131 e. The van der Waals surface area contributed by atoms with E-state index >= 15 is 0 Å². The average Bonchev–Trinajstić information content (AvgIpc) is 2.69. The van der Waals surface area contributed by atoms with Gasteiger partial charge in [0.25, 0.3) is 0 Å². The van der Waals surface area contributed by atoms with Gasteiger partial charge in [0.05, 0.1) is 12.3 Å². The van der Waals surface area contributed by atoms with Crippen LogP contribution < -0.4 is 10.2 Å². The predicted octanol–water partition coefficient (Wildman–Crippen LogP) is 2.34. The van der Waals surface area contributed by atoms with E-state index in [2.05, 4.69) is 43.0 Å². The lowest BCUT2D eigenvalue weighted by molar-refractivity contribution is 0.204. The first-order valence-electron chi connectivity index (χ1n) is 7.98. The molecule has 0 saturated carbocycles. The lowest BCUT2D eigenvalue weighted by Gasteiger charge is -2.27. The van der Waals surface area contributed by atoms with E-state index in [-0.39, 0.29) is 0 Å². The second-order valence-corrected chi connectivity index (χ2v) is 6.02. The van der Waals surface area contributed by atoms with E-state index < -0.39 is 0 Å². The molecule has 1 N–H and O–H groups in total. The molecule has 21 heavy (non-hydrogen) atoms. The molecule has 0 spiro atoms. The van der Waals surface area contributed by atoms with Crippen molar-refractivity contribution in [1.82, 2.24) is 15.1 Å². The molecule has 0 amide bonds. The van der Waals surface area contributed by atoms with Crippen molar-refractivity contribution < 1.29 is 4.74 Å². The molecule has 0 radical (unpaired) electrons. The maximum absolute atomic E-state index is 5.27. The zero-order valence-corrected chi connectivity index (χ0v) is 14.6. The van der Waals surface area contributed by atoms with Crippen molar-refractivity contribution in [2.75, 3.05) is 38.3 Å². The normalized spacial score (nSPS) is 11.4. The molecule has 1 aromatic rings. The summed E-state index contributed by atoms with van der Waals surface area (Å²) in [6, 6.07) is 0. The van der Waals surface area contributed by atoms with Crippen molar-refractivity contribution >= 4 is 5.82 Å². The summed E-state index contributed by atoms with van der Waals surface area (Å²) in [6.45, 7) is 13.3. The van der Waals surface area contributed by atoms with Gasteiger partial charge >= 0.3 is 0 Å². The van der Waals surface area contributed by atoms with E-state index in [1.54, 1.807) is 7.11 Å². The summed E-state index contributed by atoms with van der Waals surface area (Å²) in [5, 5.41) is 8.12. The average molecular weight is 296 g/mol. The van der Waals surface area contributed by atoms with E-state index in [1.807, 2.05) is 11.7 Å². The Morgan fingerprint density at radius 2 is 2.10 bits per heavy atom. The molecule has 5 nitrogen and oxygen atoms in total. The molecule has 0 aliphatic heterocycles.